The minimum absolute atomic E-state index is 0.149. The highest BCUT2D eigenvalue weighted by atomic mass is 32.1. The van der Waals surface area contributed by atoms with Gasteiger partial charge in [-0.3, -0.25) is 9.78 Å². The zero-order valence-electron chi connectivity index (χ0n) is 11.9. The van der Waals surface area contributed by atoms with Gasteiger partial charge in [0.1, 0.15) is 5.78 Å². The Bertz CT molecular complexity index is 650. The molecule has 1 saturated heterocycles. The predicted octanol–water partition coefficient (Wildman–Crippen LogP) is 3.59. The van der Waals surface area contributed by atoms with Crippen molar-refractivity contribution in [1.82, 2.24) is 4.98 Å². The summed E-state index contributed by atoms with van der Waals surface area (Å²) in [5, 5.41) is 1.09. The number of carbonyl (C=O) groups excluding carboxylic acids is 1. The molecule has 1 aliphatic heterocycles. The first-order valence-electron chi connectivity index (χ1n) is 7.43. The molecular weight excluding hydrogens is 282 g/mol. The molecule has 1 aliphatic rings. The van der Waals surface area contributed by atoms with Gasteiger partial charge in [-0.1, -0.05) is 12.1 Å². The Morgan fingerprint density at radius 2 is 2.29 bits per heavy atom. The minimum Gasteiger partial charge on any atom is -0.378 e. The molecule has 1 fully saturated rings. The van der Waals surface area contributed by atoms with Gasteiger partial charge < -0.3 is 4.74 Å². The normalized spacial score (nSPS) is 18.2. The molecular formula is C17H19NO2S. The highest BCUT2D eigenvalue weighted by molar-refractivity contribution is 7.80. The lowest BCUT2D eigenvalue weighted by Gasteiger charge is -2.10. The molecule has 3 nitrogen and oxygen atoms in total. The van der Waals surface area contributed by atoms with Crippen molar-refractivity contribution < 1.29 is 9.53 Å². The quantitative estimate of drug-likeness (QED) is 0.858. The molecule has 0 bridgehead atoms. The van der Waals surface area contributed by atoms with Crippen LogP contribution in [0.3, 0.4) is 0 Å². The van der Waals surface area contributed by atoms with Gasteiger partial charge >= 0.3 is 0 Å². The van der Waals surface area contributed by atoms with Crippen molar-refractivity contribution in [2.24, 2.45) is 0 Å². The van der Waals surface area contributed by atoms with E-state index in [-0.39, 0.29) is 11.9 Å². The number of thiol groups is 1. The Kier molecular flexibility index (Phi) is 4.56. The SMILES string of the molecule is O=C(CCc1ccc(S)c2ncccc12)CC1CCCO1. The molecule has 0 amide bonds. The summed E-state index contributed by atoms with van der Waals surface area (Å²) < 4.78 is 5.52. The number of pyridine rings is 1. The summed E-state index contributed by atoms with van der Waals surface area (Å²) in [7, 11) is 0. The van der Waals surface area contributed by atoms with Gasteiger partial charge in [-0.25, -0.2) is 0 Å². The van der Waals surface area contributed by atoms with Gasteiger partial charge in [0, 0.05) is 35.9 Å². The van der Waals surface area contributed by atoms with Crippen molar-refractivity contribution in [3.8, 4) is 0 Å². The van der Waals surface area contributed by atoms with Gasteiger partial charge in [-0.05, 0) is 37.0 Å². The number of hydrogen-bond acceptors (Lipinski definition) is 4. The van der Waals surface area contributed by atoms with E-state index in [2.05, 4.69) is 17.6 Å². The van der Waals surface area contributed by atoms with E-state index in [1.807, 2.05) is 24.3 Å². The lowest BCUT2D eigenvalue weighted by Crippen LogP contribution is -2.12. The lowest BCUT2D eigenvalue weighted by molar-refractivity contribution is -0.121. The second-order valence-corrected chi connectivity index (χ2v) is 6.00. The van der Waals surface area contributed by atoms with Crippen LogP contribution in [-0.2, 0) is 16.0 Å². The average Bonchev–Trinajstić information content (AvgIpc) is 3.00. The van der Waals surface area contributed by atoms with Crippen LogP contribution in [0.15, 0.2) is 35.4 Å². The van der Waals surface area contributed by atoms with E-state index in [1.165, 1.54) is 0 Å². The van der Waals surface area contributed by atoms with E-state index in [1.54, 1.807) is 6.20 Å². The summed E-state index contributed by atoms with van der Waals surface area (Å²) in [5.74, 6) is 0.286. The number of aromatic nitrogens is 1. The van der Waals surface area contributed by atoms with Crippen LogP contribution < -0.4 is 0 Å². The van der Waals surface area contributed by atoms with Crippen molar-refractivity contribution in [3.05, 3.63) is 36.0 Å². The lowest BCUT2D eigenvalue weighted by atomic mass is 10.00. The van der Waals surface area contributed by atoms with Crippen LogP contribution in [-0.4, -0.2) is 23.5 Å². The average molecular weight is 301 g/mol. The van der Waals surface area contributed by atoms with Crippen molar-refractivity contribution in [2.75, 3.05) is 6.61 Å². The van der Waals surface area contributed by atoms with Gasteiger partial charge in [0.25, 0.3) is 0 Å². The number of hydrogen-bond donors (Lipinski definition) is 1. The molecule has 110 valence electrons. The molecule has 0 saturated carbocycles. The van der Waals surface area contributed by atoms with E-state index >= 15 is 0 Å². The molecule has 1 aromatic carbocycles. The molecule has 2 aromatic rings. The van der Waals surface area contributed by atoms with Crippen LogP contribution in [0.25, 0.3) is 10.9 Å². The Labute approximate surface area is 130 Å². The summed E-state index contributed by atoms with van der Waals surface area (Å²) in [6, 6.07) is 7.97. The molecule has 1 aromatic heterocycles. The molecule has 0 N–H and O–H groups in total. The van der Waals surface area contributed by atoms with Crippen molar-refractivity contribution >= 4 is 29.3 Å². The number of ketones is 1. The molecule has 1 unspecified atom stereocenters. The first kappa shape index (κ1) is 14.5. The van der Waals surface area contributed by atoms with E-state index in [9.17, 15) is 4.79 Å². The number of benzene rings is 1. The Morgan fingerprint density at radius 3 is 3.10 bits per heavy atom. The first-order chi connectivity index (χ1) is 10.2. The van der Waals surface area contributed by atoms with Crippen LogP contribution in [0.4, 0.5) is 0 Å². The molecule has 4 heteroatoms. The maximum absolute atomic E-state index is 12.1. The zero-order valence-corrected chi connectivity index (χ0v) is 12.8. The number of ether oxygens (including phenoxy) is 1. The van der Waals surface area contributed by atoms with Crippen LogP contribution in [0.1, 0.15) is 31.2 Å². The molecule has 0 spiro atoms. The number of fused-ring (bicyclic) bond motifs is 1. The van der Waals surface area contributed by atoms with Gasteiger partial charge in [-0.15, -0.1) is 12.6 Å². The third-order valence-electron chi connectivity index (χ3n) is 3.99. The van der Waals surface area contributed by atoms with Gasteiger partial charge in [0.2, 0.25) is 0 Å². The maximum atomic E-state index is 12.1. The second-order valence-electron chi connectivity index (χ2n) is 5.52. The number of rotatable bonds is 5. The smallest absolute Gasteiger partial charge is 0.135 e. The summed E-state index contributed by atoms with van der Waals surface area (Å²) in [6.07, 6.45) is 5.90. The molecule has 0 aliphatic carbocycles. The second kappa shape index (κ2) is 6.58. The fourth-order valence-electron chi connectivity index (χ4n) is 2.87. The summed E-state index contributed by atoms with van der Waals surface area (Å²) in [6.45, 7) is 0.803. The van der Waals surface area contributed by atoms with Gasteiger partial charge in [-0.2, -0.15) is 0 Å². The fourth-order valence-corrected chi connectivity index (χ4v) is 3.12. The molecule has 1 atom stereocenters. The van der Waals surface area contributed by atoms with E-state index in [0.29, 0.717) is 12.8 Å². The maximum Gasteiger partial charge on any atom is 0.135 e. The van der Waals surface area contributed by atoms with E-state index in [0.717, 1.165) is 47.2 Å². The Hall–Kier alpha value is -1.39. The molecule has 3 rings (SSSR count). The molecule has 2 heterocycles. The summed E-state index contributed by atoms with van der Waals surface area (Å²) in [4.78, 5) is 17.3. The highest BCUT2D eigenvalue weighted by Crippen LogP contribution is 2.24. The summed E-state index contributed by atoms with van der Waals surface area (Å²) in [5.41, 5.74) is 2.07. The van der Waals surface area contributed by atoms with E-state index in [4.69, 9.17) is 4.74 Å². The van der Waals surface area contributed by atoms with Gasteiger partial charge in [0.05, 0.1) is 11.6 Å². The molecule has 21 heavy (non-hydrogen) atoms. The van der Waals surface area contributed by atoms with Crippen LogP contribution >= 0.6 is 12.6 Å². The monoisotopic (exact) mass is 301 g/mol. The van der Waals surface area contributed by atoms with Crippen LogP contribution in [0.2, 0.25) is 0 Å². The third kappa shape index (κ3) is 3.44. The van der Waals surface area contributed by atoms with Crippen LogP contribution in [0, 0.1) is 0 Å². The standard InChI is InChI=1S/C17H19NO2S/c19-13(11-14-3-2-10-20-14)7-5-12-6-8-16(21)17-15(12)4-1-9-18-17/h1,4,6,8-9,14,21H,2-3,5,7,10-11H2. The van der Waals surface area contributed by atoms with Crippen LogP contribution in [0.5, 0.6) is 0 Å². The topological polar surface area (TPSA) is 39.2 Å². The first-order valence-corrected chi connectivity index (χ1v) is 7.87. The largest absolute Gasteiger partial charge is 0.378 e. The van der Waals surface area contributed by atoms with Crippen molar-refractivity contribution in [2.45, 2.75) is 43.1 Å². The van der Waals surface area contributed by atoms with Crippen molar-refractivity contribution in [3.63, 3.8) is 0 Å². The number of carbonyl (C=O) groups is 1. The van der Waals surface area contributed by atoms with Gasteiger partial charge in [0.15, 0.2) is 0 Å². The fraction of sp³-hybridized carbons (Fsp3) is 0.412. The Balaban J connectivity index is 1.67. The molecule has 0 radical (unpaired) electrons. The summed E-state index contributed by atoms with van der Waals surface area (Å²) >= 11 is 4.44. The predicted molar refractivity (Wildman–Crippen MR) is 85.9 cm³/mol. The Morgan fingerprint density at radius 1 is 1.38 bits per heavy atom. The number of aryl methyl sites for hydroxylation is 1. The zero-order chi connectivity index (χ0) is 14.7. The number of Topliss-reactive ketones (excluding diaryl/α,β-unsaturated/α-hetero) is 1. The highest BCUT2D eigenvalue weighted by Gasteiger charge is 2.19. The third-order valence-corrected chi connectivity index (χ3v) is 4.35. The number of nitrogens with zero attached hydrogens (tertiary/aromatic N) is 1. The van der Waals surface area contributed by atoms with E-state index < -0.39 is 0 Å². The van der Waals surface area contributed by atoms with Crippen molar-refractivity contribution in [1.29, 1.82) is 0 Å². The minimum atomic E-state index is 0.149.